The second-order valence-electron chi connectivity index (χ2n) is 8.97. The number of nitrogens with two attached hydrogens (primary N) is 1. The number of hydrogen-bond donors (Lipinski definition) is 2. The van der Waals surface area contributed by atoms with Crippen LogP contribution in [0.2, 0.25) is 0 Å². The van der Waals surface area contributed by atoms with Gasteiger partial charge in [-0.1, -0.05) is 12.1 Å². The van der Waals surface area contributed by atoms with E-state index in [2.05, 4.69) is 4.90 Å². The van der Waals surface area contributed by atoms with E-state index in [0.717, 1.165) is 5.56 Å². The first-order valence-electron chi connectivity index (χ1n) is 11.2. The second kappa shape index (κ2) is 9.80. The summed E-state index contributed by atoms with van der Waals surface area (Å²) >= 11 is 0. The fourth-order valence-corrected chi connectivity index (χ4v) is 4.94. The third-order valence-electron chi connectivity index (χ3n) is 6.30. The molecular formula is C25H28FN3O5S. The van der Waals surface area contributed by atoms with Crippen molar-refractivity contribution >= 4 is 32.5 Å². The molecule has 0 aliphatic carbocycles. The van der Waals surface area contributed by atoms with Crippen molar-refractivity contribution < 1.29 is 26.9 Å². The third kappa shape index (κ3) is 5.72. The number of ether oxygens (including phenoxy) is 1. The van der Waals surface area contributed by atoms with Gasteiger partial charge in [0.25, 0.3) is 16.0 Å². The van der Waals surface area contributed by atoms with Crippen LogP contribution in [-0.4, -0.2) is 60.5 Å². The summed E-state index contributed by atoms with van der Waals surface area (Å²) in [6.45, 7) is 5.49. The van der Waals surface area contributed by atoms with Gasteiger partial charge in [-0.05, 0) is 61.2 Å². The monoisotopic (exact) mass is 501 g/mol. The minimum Gasteiger partial charge on any atom is -0.483 e. The quantitative estimate of drug-likeness (QED) is 0.394. The molecule has 186 valence electrons. The van der Waals surface area contributed by atoms with E-state index in [0.29, 0.717) is 36.1 Å². The number of nitrogens with zero attached hydrogens (tertiary/aromatic N) is 2. The summed E-state index contributed by atoms with van der Waals surface area (Å²) in [7, 11) is -4.48. The lowest BCUT2D eigenvalue weighted by Crippen LogP contribution is -2.58. The highest BCUT2D eigenvalue weighted by atomic mass is 32.2. The standard InChI is InChI=1S/C25H28FN3O5S/c1-16-13-29(17(2)12-28(16)14-18-3-5-20(26)6-4-18)25(30)15-34-24-11-22(35(31,32)33)10-19-9-21(27)7-8-23(19)24/h3-11,16-17H,12-15,27H2,1-2H3,(H,31,32,33)/t16-,17+/m1/s1. The van der Waals surface area contributed by atoms with Crippen molar-refractivity contribution in [2.75, 3.05) is 25.4 Å². The fraction of sp³-hybridized carbons (Fsp3) is 0.320. The third-order valence-corrected chi connectivity index (χ3v) is 7.13. The molecule has 0 spiro atoms. The van der Waals surface area contributed by atoms with Gasteiger partial charge in [-0.2, -0.15) is 8.42 Å². The summed E-state index contributed by atoms with van der Waals surface area (Å²) in [6.07, 6.45) is 0. The van der Waals surface area contributed by atoms with Gasteiger partial charge in [0.05, 0.1) is 4.90 Å². The number of rotatable bonds is 6. The summed E-state index contributed by atoms with van der Waals surface area (Å²) in [4.78, 5) is 16.7. The number of nitrogen functional groups attached to an aromatic ring is 1. The topological polar surface area (TPSA) is 113 Å². The summed E-state index contributed by atoms with van der Waals surface area (Å²) in [5.74, 6) is -0.338. The molecule has 1 heterocycles. The van der Waals surface area contributed by atoms with Gasteiger partial charge >= 0.3 is 0 Å². The predicted molar refractivity (Wildman–Crippen MR) is 131 cm³/mol. The first-order valence-corrected chi connectivity index (χ1v) is 12.7. The molecule has 3 aromatic carbocycles. The van der Waals surface area contributed by atoms with Crippen molar-refractivity contribution in [2.24, 2.45) is 0 Å². The van der Waals surface area contributed by atoms with Crippen LogP contribution in [0.5, 0.6) is 5.75 Å². The Hall–Kier alpha value is -3.21. The van der Waals surface area contributed by atoms with E-state index in [-0.39, 0.29) is 41.1 Å². The summed E-state index contributed by atoms with van der Waals surface area (Å²) in [6, 6.07) is 13.8. The molecule has 1 saturated heterocycles. The van der Waals surface area contributed by atoms with Crippen LogP contribution in [0.15, 0.2) is 59.5 Å². The maximum atomic E-state index is 13.2. The largest absolute Gasteiger partial charge is 0.483 e. The Morgan fingerprint density at radius 1 is 1.09 bits per heavy atom. The smallest absolute Gasteiger partial charge is 0.294 e. The second-order valence-corrected chi connectivity index (χ2v) is 10.4. The van der Waals surface area contributed by atoms with Crippen molar-refractivity contribution in [2.45, 2.75) is 37.4 Å². The van der Waals surface area contributed by atoms with Crippen molar-refractivity contribution in [3.63, 3.8) is 0 Å². The zero-order chi connectivity index (χ0) is 25.3. The number of amides is 1. The first kappa shape index (κ1) is 24.9. The Morgan fingerprint density at radius 3 is 2.49 bits per heavy atom. The van der Waals surface area contributed by atoms with Crippen LogP contribution >= 0.6 is 0 Å². The number of halogens is 1. The van der Waals surface area contributed by atoms with Crippen LogP contribution in [0, 0.1) is 5.82 Å². The first-order chi connectivity index (χ1) is 16.5. The van der Waals surface area contributed by atoms with Crippen LogP contribution in [0.25, 0.3) is 10.8 Å². The lowest BCUT2D eigenvalue weighted by molar-refractivity contribution is -0.139. The molecule has 1 aliphatic rings. The Labute approximate surface area is 203 Å². The molecule has 35 heavy (non-hydrogen) atoms. The number of benzene rings is 3. The predicted octanol–water partition coefficient (Wildman–Crippen LogP) is 3.31. The minimum atomic E-state index is -4.48. The molecule has 0 unspecified atom stereocenters. The normalized spacial score (nSPS) is 19.1. The van der Waals surface area contributed by atoms with Gasteiger partial charge in [-0.15, -0.1) is 0 Å². The van der Waals surface area contributed by atoms with Gasteiger partial charge in [0.15, 0.2) is 6.61 Å². The van der Waals surface area contributed by atoms with E-state index < -0.39 is 10.1 Å². The highest BCUT2D eigenvalue weighted by molar-refractivity contribution is 7.85. The maximum Gasteiger partial charge on any atom is 0.294 e. The molecule has 1 aliphatic heterocycles. The highest BCUT2D eigenvalue weighted by Crippen LogP contribution is 2.31. The van der Waals surface area contributed by atoms with Crippen molar-refractivity contribution in [1.29, 1.82) is 0 Å². The van der Waals surface area contributed by atoms with Crippen LogP contribution in [-0.2, 0) is 21.5 Å². The van der Waals surface area contributed by atoms with E-state index in [9.17, 15) is 22.2 Å². The van der Waals surface area contributed by atoms with E-state index in [1.54, 1.807) is 35.2 Å². The number of hydrogen-bond acceptors (Lipinski definition) is 6. The van der Waals surface area contributed by atoms with Gasteiger partial charge in [0, 0.05) is 48.9 Å². The van der Waals surface area contributed by atoms with E-state index >= 15 is 0 Å². The number of carbonyl (C=O) groups excluding carboxylic acids is 1. The lowest BCUT2D eigenvalue weighted by Gasteiger charge is -2.44. The molecule has 0 aromatic heterocycles. The van der Waals surface area contributed by atoms with Crippen LogP contribution in [0.3, 0.4) is 0 Å². The molecule has 0 radical (unpaired) electrons. The van der Waals surface area contributed by atoms with Crippen molar-refractivity contribution in [1.82, 2.24) is 9.80 Å². The molecule has 3 aromatic rings. The number of carbonyl (C=O) groups is 1. The van der Waals surface area contributed by atoms with Gasteiger partial charge in [-0.3, -0.25) is 14.2 Å². The Balaban J connectivity index is 1.46. The molecule has 0 bridgehead atoms. The molecule has 4 rings (SSSR count). The molecule has 1 amide bonds. The SMILES string of the molecule is C[C@@H]1CN(C(=O)COc2cc(S(=O)(=O)O)cc3cc(N)ccc23)[C@@H](C)CN1Cc1ccc(F)cc1. The van der Waals surface area contributed by atoms with Gasteiger partial charge in [0.2, 0.25) is 0 Å². The molecular weight excluding hydrogens is 473 g/mol. The van der Waals surface area contributed by atoms with E-state index in [4.69, 9.17) is 10.5 Å². The summed E-state index contributed by atoms with van der Waals surface area (Å²) in [5, 5.41) is 1.05. The van der Waals surface area contributed by atoms with Crippen LogP contribution in [0.1, 0.15) is 19.4 Å². The molecule has 2 atom stereocenters. The van der Waals surface area contributed by atoms with Crippen molar-refractivity contribution in [3.8, 4) is 5.75 Å². The molecule has 1 fully saturated rings. The Bertz CT molecular complexity index is 1350. The maximum absolute atomic E-state index is 13.2. The van der Waals surface area contributed by atoms with E-state index in [1.807, 2.05) is 13.8 Å². The van der Waals surface area contributed by atoms with Crippen molar-refractivity contribution in [3.05, 3.63) is 66.0 Å². The number of piperazine rings is 1. The van der Waals surface area contributed by atoms with Gasteiger partial charge < -0.3 is 15.4 Å². The number of anilines is 1. The molecule has 0 saturated carbocycles. The highest BCUT2D eigenvalue weighted by Gasteiger charge is 2.32. The average Bonchev–Trinajstić information content (AvgIpc) is 2.79. The summed E-state index contributed by atoms with van der Waals surface area (Å²) < 4.78 is 51.9. The fourth-order valence-electron chi connectivity index (χ4n) is 4.41. The Morgan fingerprint density at radius 2 is 1.80 bits per heavy atom. The zero-order valence-corrected chi connectivity index (χ0v) is 20.3. The Kier molecular flexibility index (Phi) is 6.98. The zero-order valence-electron chi connectivity index (χ0n) is 19.5. The average molecular weight is 502 g/mol. The summed E-state index contributed by atoms with van der Waals surface area (Å²) in [5.41, 5.74) is 7.24. The van der Waals surface area contributed by atoms with Crippen LogP contribution < -0.4 is 10.5 Å². The molecule has 10 heteroatoms. The number of fused-ring (bicyclic) bond motifs is 1. The molecule has 8 nitrogen and oxygen atoms in total. The van der Waals surface area contributed by atoms with Gasteiger partial charge in [-0.25, -0.2) is 4.39 Å². The van der Waals surface area contributed by atoms with Crippen LogP contribution in [0.4, 0.5) is 10.1 Å². The van der Waals surface area contributed by atoms with E-state index in [1.165, 1.54) is 24.3 Å². The lowest BCUT2D eigenvalue weighted by atomic mass is 10.1. The minimum absolute atomic E-state index is 0.0758. The van der Waals surface area contributed by atoms with Gasteiger partial charge in [0.1, 0.15) is 11.6 Å². The molecule has 3 N–H and O–H groups in total.